The van der Waals surface area contributed by atoms with E-state index in [0.717, 1.165) is 50.0 Å². The Morgan fingerprint density at radius 1 is 0.967 bits per heavy atom. The first-order valence-electron chi connectivity index (χ1n) is 11.0. The van der Waals surface area contributed by atoms with Gasteiger partial charge >= 0.3 is 0 Å². The molecule has 1 aliphatic carbocycles. The molecule has 2 fully saturated rings. The quantitative estimate of drug-likeness (QED) is 0.772. The van der Waals surface area contributed by atoms with E-state index in [9.17, 15) is 9.59 Å². The number of nitrogens with zero attached hydrogens (tertiary/aromatic N) is 2. The summed E-state index contributed by atoms with van der Waals surface area (Å²) in [7, 11) is 0. The van der Waals surface area contributed by atoms with Gasteiger partial charge in [-0.3, -0.25) is 14.6 Å². The Morgan fingerprint density at radius 2 is 1.67 bits per heavy atom. The van der Waals surface area contributed by atoms with Crippen LogP contribution in [0.2, 0.25) is 0 Å². The van der Waals surface area contributed by atoms with E-state index in [1.165, 1.54) is 12.8 Å². The number of benzene rings is 1. The second-order valence-electron chi connectivity index (χ2n) is 8.31. The van der Waals surface area contributed by atoms with E-state index in [1.54, 1.807) is 12.4 Å². The highest BCUT2D eigenvalue weighted by Gasteiger charge is 2.27. The minimum absolute atomic E-state index is 0.0703. The molecule has 0 unspecified atom stereocenters. The van der Waals surface area contributed by atoms with E-state index < -0.39 is 0 Å². The van der Waals surface area contributed by atoms with E-state index in [-0.39, 0.29) is 23.8 Å². The van der Waals surface area contributed by atoms with Crippen molar-refractivity contribution in [3.63, 3.8) is 0 Å². The molecule has 2 aliphatic rings. The van der Waals surface area contributed by atoms with Gasteiger partial charge in [0.2, 0.25) is 5.91 Å². The van der Waals surface area contributed by atoms with Crippen LogP contribution in [0.4, 0.5) is 5.69 Å². The molecular weight excluding hydrogens is 376 g/mol. The third-order valence-electron chi connectivity index (χ3n) is 6.26. The number of hydrogen-bond donors (Lipinski definition) is 2. The largest absolute Gasteiger partial charge is 0.371 e. The van der Waals surface area contributed by atoms with E-state index in [0.29, 0.717) is 12.1 Å². The first kappa shape index (κ1) is 20.4. The molecule has 0 radical (unpaired) electrons. The minimum Gasteiger partial charge on any atom is -0.371 e. The van der Waals surface area contributed by atoms with Gasteiger partial charge in [0.1, 0.15) is 0 Å². The van der Waals surface area contributed by atoms with E-state index in [1.807, 2.05) is 36.4 Å². The topological polar surface area (TPSA) is 74.3 Å². The Bertz CT molecular complexity index is 857. The lowest BCUT2D eigenvalue weighted by atomic mass is 10.0. The zero-order chi connectivity index (χ0) is 20.8. The Balaban J connectivity index is 1.33. The smallest absolute Gasteiger partial charge is 0.253 e. The van der Waals surface area contributed by atoms with Gasteiger partial charge < -0.3 is 15.5 Å². The predicted octanol–water partition coefficient (Wildman–Crippen LogP) is 3.29. The van der Waals surface area contributed by atoms with Crippen molar-refractivity contribution >= 4 is 17.5 Å². The molecule has 30 heavy (non-hydrogen) atoms. The molecule has 0 atom stereocenters. The number of pyridine rings is 1. The van der Waals surface area contributed by atoms with Crippen LogP contribution in [0.25, 0.3) is 0 Å². The van der Waals surface area contributed by atoms with Gasteiger partial charge in [0.25, 0.3) is 5.91 Å². The monoisotopic (exact) mass is 406 g/mol. The first-order chi connectivity index (χ1) is 14.7. The average Bonchev–Trinajstić information content (AvgIpc) is 3.34. The van der Waals surface area contributed by atoms with Crippen LogP contribution in [-0.2, 0) is 11.3 Å². The molecule has 0 bridgehead atoms. The summed E-state index contributed by atoms with van der Waals surface area (Å²) in [6.45, 7) is 2.15. The van der Waals surface area contributed by atoms with Gasteiger partial charge in [-0.1, -0.05) is 25.0 Å². The summed E-state index contributed by atoms with van der Waals surface area (Å²) in [6.07, 6.45) is 9.69. The van der Waals surface area contributed by atoms with Crippen LogP contribution in [0.15, 0.2) is 48.8 Å². The molecule has 4 rings (SSSR count). The van der Waals surface area contributed by atoms with Crippen LogP contribution < -0.4 is 15.5 Å². The van der Waals surface area contributed by atoms with E-state index in [4.69, 9.17) is 0 Å². The molecule has 1 aliphatic heterocycles. The number of hydrogen-bond acceptors (Lipinski definition) is 4. The average molecular weight is 407 g/mol. The zero-order valence-corrected chi connectivity index (χ0v) is 17.3. The summed E-state index contributed by atoms with van der Waals surface area (Å²) in [5, 5.41) is 6.27. The van der Waals surface area contributed by atoms with Crippen molar-refractivity contribution in [2.24, 2.45) is 5.92 Å². The molecule has 2 aromatic rings. The predicted molar refractivity (Wildman–Crippen MR) is 117 cm³/mol. The Morgan fingerprint density at radius 3 is 2.40 bits per heavy atom. The number of carbonyl (C=O) groups is 2. The summed E-state index contributed by atoms with van der Waals surface area (Å²) in [5.74, 6) is 0.383. The van der Waals surface area contributed by atoms with Gasteiger partial charge in [0.15, 0.2) is 0 Å². The maximum atomic E-state index is 12.8. The van der Waals surface area contributed by atoms with Crippen molar-refractivity contribution in [3.8, 4) is 0 Å². The fourth-order valence-electron chi connectivity index (χ4n) is 4.49. The van der Waals surface area contributed by atoms with Gasteiger partial charge in [-0.2, -0.15) is 0 Å². The maximum absolute atomic E-state index is 12.8. The molecule has 1 saturated carbocycles. The fourth-order valence-corrected chi connectivity index (χ4v) is 4.49. The number of anilines is 1. The third kappa shape index (κ3) is 4.99. The van der Waals surface area contributed by atoms with Gasteiger partial charge in [-0.25, -0.2) is 0 Å². The SMILES string of the molecule is O=C(NCc1ccncc1)c1ccccc1N1CCC(NC(=O)C2CCCC2)CC1. The Kier molecular flexibility index (Phi) is 6.62. The third-order valence-corrected chi connectivity index (χ3v) is 6.26. The summed E-state index contributed by atoms with van der Waals surface area (Å²) >= 11 is 0. The molecule has 2 heterocycles. The Labute approximate surface area is 178 Å². The van der Waals surface area contributed by atoms with Crippen LogP contribution in [0.3, 0.4) is 0 Å². The molecule has 6 heteroatoms. The lowest BCUT2D eigenvalue weighted by molar-refractivity contribution is -0.125. The number of piperidine rings is 1. The van der Waals surface area contributed by atoms with Gasteiger partial charge in [-0.15, -0.1) is 0 Å². The summed E-state index contributed by atoms with van der Waals surface area (Å²) in [5.41, 5.74) is 2.68. The summed E-state index contributed by atoms with van der Waals surface area (Å²) in [4.78, 5) is 31.5. The van der Waals surface area contributed by atoms with Gasteiger partial charge in [-0.05, 0) is 55.5 Å². The highest BCUT2D eigenvalue weighted by molar-refractivity contribution is 5.99. The lowest BCUT2D eigenvalue weighted by Gasteiger charge is -2.35. The minimum atomic E-state index is -0.0703. The molecule has 2 N–H and O–H groups in total. The van der Waals surface area contributed by atoms with Crippen molar-refractivity contribution in [1.29, 1.82) is 0 Å². The lowest BCUT2D eigenvalue weighted by Crippen LogP contribution is -2.46. The number of para-hydroxylation sites is 1. The molecule has 2 amide bonds. The number of nitrogens with one attached hydrogen (secondary N) is 2. The number of aromatic nitrogens is 1. The molecule has 158 valence electrons. The fraction of sp³-hybridized carbons (Fsp3) is 0.458. The molecule has 1 saturated heterocycles. The van der Waals surface area contributed by atoms with Crippen molar-refractivity contribution in [1.82, 2.24) is 15.6 Å². The van der Waals surface area contributed by atoms with Crippen LogP contribution in [-0.4, -0.2) is 35.9 Å². The van der Waals surface area contributed by atoms with Crippen LogP contribution in [0.5, 0.6) is 0 Å². The molecule has 1 aromatic heterocycles. The second-order valence-corrected chi connectivity index (χ2v) is 8.31. The first-order valence-corrected chi connectivity index (χ1v) is 11.0. The standard InChI is InChI=1S/C24H30N4O2/c29-23(19-5-1-2-6-19)27-20-11-15-28(16-12-20)22-8-4-3-7-21(22)24(30)26-17-18-9-13-25-14-10-18/h3-4,7-10,13-14,19-20H,1-2,5-6,11-12,15-17H2,(H,26,30)(H,27,29). The van der Waals surface area contributed by atoms with E-state index >= 15 is 0 Å². The van der Waals surface area contributed by atoms with Crippen LogP contribution in [0.1, 0.15) is 54.4 Å². The highest BCUT2D eigenvalue weighted by atomic mass is 16.2. The van der Waals surface area contributed by atoms with Gasteiger partial charge in [0.05, 0.1) is 5.56 Å². The number of rotatable bonds is 6. The summed E-state index contributed by atoms with van der Waals surface area (Å²) < 4.78 is 0. The van der Waals surface area contributed by atoms with Crippen molar-refractivity contribution in [2.75, 3.05) is 18.0 Å². The highest BCUT2D eigenvalue weighted by Crippen LogP contribution is 2.27. The van der Waals surface area contributed by atoms with E-state index in [2.05, 4.69) is 20.5 Å². The second kappa shape index (κ2) is 9.74. The molecule has 0 spiro atoms. The van der Waals surface area contributed by atoms with Crippen LogP contribution in [0, 0.1) is 5.92 Å². The maximum Gasteiger partial charge on any atom is 0.253 e. The number of carbonyl (C=O) groups excluding carboxylic acids is 2. The van der Waals surface area contributed by atoms with Crippen molar-refractivity contribution in [3.05, 3.63) is 59.9 Å². The molecule has 1 aromatic carbocycles. The zero-order valence-electron chi connectivity index (χ0n) is 17.3. The molecule has 6 nitrogen and oxygen atoms in total. The normalized spacial score (nSPS) is 17.7. The van der Waals surface area contributed by atoms with Crippen molar-refractivity contribution in [2.45, 2.75) is 51.1 Å². The number of amides is 2. The van der Waals surface area contributed by atoms with Crippen LogP contribution >= 0.6 is 0 Å². The summed E-state index contributed by atoms with van der Waals surface area (Å²) in [6, 6.07) is 11.8. The Hall–Kier alpha value is -2.89. The van der Waals surface area contributed by atoms with Crippen molar-refractivity contribution < 1.29 is 9.59 Å². The molecular formula is C24H30N4O2. The van der Waals surface area contributed by atoms with Gasteiger partial charge in [0, 0.05) is 49.7 Å².